The predicted octanol–water partition coefficient (Wildman–Crippen LogP) is 5.69. The third-order valence-corrected chi connectivity index (χ3v) is 7.62. The summed E-state index contributed by atoms with van der Waals surface area (Å²) in [5, 5.41) is 16.3. The van der Waals surface area contributed by atoms with Gasteiger partial charge in [-0.1, -0.05) is 36.4 Å². The second-order valence-corrected chi connectivity index (χ2v) is 11.1. The summed E-state index contributed by atoms with van der Waals surface area (Å²) in [7, 11) is 0. The lowest BCUT2D eigenvalue weighted by atomic mass is 9.94. The molecule has 0 bridgehead atoms. The lowest BCUT2D eigenvalue weighted by Gasteiger charge is -2.28. The van der Waals surface area contributed by atoms with Gasteiger partial charge in [0.25, 0.3) is 5.91 Å². The molecule has 4 aromatic rings. The van der Waals surface area contributed by atoms with Crippen molar-refractivity contribution < 1.29 is 14.6 Å². The van der Waals surface area contributed by atoms with Gasteiger partial charge in [0.1, 0.15) is 18.5 Å². The van der Waals surface area contributed by atoms with Crippen molar-refractivity contribution in [1.29, 1.82) is 0 Å². The monoisotopic (exact) mass is 513 g/mol. The second kappa shape index (κ2) is 11.6. The zero-order valence-electron chi connectivity index (χ0n) is 22.5. The molecule has 5 rings (SSSR count). The summed E-state index contributed by atoms with van der Waals surface area (Å²) in [6, 6.07) is 22.2. The molecule has 3 N–H and O–H groups in total. The number of ether oxygens (including phenoxy) is 1. The van der Waals surface area contributed by atoms with Crippen LogP contribution in [0.2, 0.25) is 0 Å². The van der Waals surface area contributed by atoms with E-state index in [9.17, 15) is 9.90 Å². The average molecular weight is 514 g/mol. The number of carbonyl (C=O) groups excluding carboxylic acids is 1. The summed E-state index contributed by atoms with van der Waals surface area (Å²) in [6.07, 6.45) is 4.61. The number of H-pyrrole nitrogens is 1. The van der Waals surface area contributed by atoms with Gasteiger partial charge in [0.2, 0.25) is 0 Å². The van der Waals surface area contributed by atoms with E-state index in [4.69, 9.17) is 4.74 Å². The molecule has 6 nitrogen and oxygen atoms in total. The summed E-state index contributed by atoms with van der Waals surface area (Å²) in [4.78, 5) is 18.1. The van der Waals surface area contributed by atoms with Gasteiger partial charge < -0.3 is 25.0 Å². The Labute approximate surface area is 225 Å². The van der Waals surface area contributed by atoms with Crippen molar-refractivity contribution in [1.82, 2.24) is 15.2 Å². The van der Waals surface area contributed by atoms with Crippen LogP contribution in [0.15, 0.2) is 66.7 Å². The number of benzene rings is 3. The van der Waals surface area contributed by atoms with Crippen LogP contribution < -0.4 is 10.1 Å². The number of hydrogen-bond donors (Lipinski definition) is 3. The third-order valence-electron chi connectivity index (χ3n) is 7.62. The van der Waals surface area contributed by atoms with Gasteiger partial charge in [-0.3, -0.25) is 4.79 Å². The number of aromatic amines is 1. The number of aliphatic hydroxyl groups is 1. The van der Waals surface area contributed by atoms with Crippen LogP contribution in [0.3, 0.4) is 0 Å². The summed E-state index contributed by atoms with van der Waals surface area (Å²) >= 11 is 0. The van der Waals surface area contributed by atoms with Gasteiger partial charge >= 0.3 is 0 Å². The first kappa shape index (κ1) is 26.3. The number of nitrogens with zero attached hydrogens (tertiary/aromatic N) is 1. The van der Waals surface area contributed by atoms with Crippen molar-refractivity contribution in [3.63, 3.8) is 0 Å². The molecule has 200 valence electrons. The molecule has 1 unspecified atom stereocenters. The second-order valence-electron chi connectivity index (χ2n) is 11.1. The molecule has 0 aliphatic carbocycles. The minimum Gasteiger partial charge on any atom is -0.490 e. The van der Waals surface area contributed by atoms with Crippen LogP contribution in [-0.4, -0.2) is 58.8 Å². The molecule has 38 heavy (non-hydrogen) atoms. The first-order valence-corrected chi connectivity index (χ1v) is 13.8. The van der Waals surface area contributed by atoms with Crippen molar-refractivity contribution in [2.45, 2.75) is 57.6 Å². The van der Waals surface area contributed by atoms with Crippen LogP contribution in [0, 0.1) is 0 Å². The van der Waals surface area contributed by atoms with Crippen LogP contribution in [0.4, 0.5) is 0 Å². The van der Waals surface area contributed by atoms with Crippen molar-refractivity contribution >= 4 is 27.7 Å². The number of aryl methyl sites for hydroxylation is 1. The molecule has 2 heterocycles. The topological polar surface area (TPSA) is 77.6 Å². The maximum absolute atomic E-state index is 12.7. The quantitative estimate of drug-likeness (QED) is 0.255. The number of β-amino-alcohol motifs (C(OH)–C–C–N with tert-alkyl or cyclic N) is 1. The summed E-state index contributed by atoms with van der Waals surface area (Å²) in [5.74, 6) is 0.927. The highest BCUT2D eigenvalue weighted by Gasteiger charge is 2.21. The Hall–Kier alpha value is -3.35. The third kappa shape index (κ3) is 6.20. The van der Waals surface area contributed by atoms with Crippen LogP contribution >= 0.6 is 0 Å². The van der Waals surface area contributed by atoms with Gasteiger partial charge in [-0.15, -0.1) is 0 Å². The number of likely N-dealkylation sites (tertiary alicyclic amines) is 1. The van der Waals surface area contributed by atoms with E-state index in [0.29, 0.717) is 6.54 Å². The van der Waals surface area contributed by atoms with Crippen LogP contribution in [0.25, 0.3) is 21.8 Å². The number of carbonyl (C=O) groups is 1. The molecule has 6 heteroatoms. The molecule has 0 radical (unpaired) electrons. The number of hydrogen-bond acceptors (Lipinski definition) is 4. The highest BCUT2D eigenvalue weighted by molar-refractivity contribution is 6.10. The number of para-hydroxylation sites is 1. The molecule has 0 spiro atoms. The lowest BCUT2D eigenvalue weighted by Crippen LogP contribution is -2.45. The van der Waals surface area contributed by atoms with Crippen LogP contribution in [0.1, 0.15) is 55.5 Å². The highest BCUT2D eigenvalue weighted by atomic mass is 16.5. The molecule has 1 aliphatic heterocycles. The Balaban J connectivity index is 1.10. The summed E-state index contributed by atoms with van der Waals surface area (Å²) in [6.45, 7) is 6.71. The van der Waals surface area contributed by atoms with E-state index in [1.807, 2.05) is 47.4 Å². The normalized spacial score (nSPS) is 15.2. The number of rotatable bonds is 10. The van der Waals surface area contributed by atoms with Gasteiger partial charge in [0.05, 0.1) is 5.52 Å². The summed E-state index contributed by atoms with van der Waals surface area (Å²) in [5.41, 5.74) is 3.94. The average Bonchev–Trinajstić information content (AvgIpc) is 3.34. The number of nitrogens with one attached hydrogen (secondary N) is 2. The van der Waals surface area contributed by atoms with E-state index in [2.05, 4.69) is 48.4 Å². The Bertz CT molecular complexity index is 1370. The number of aliphatic hydroxyl groups excluding tert-OH is 1. The molecule has 1 aromatic heterocycles. The molecule has 3 aromatic carbocycles. The number of aromatic nitrogens is 1. The number of fused-ring (bicyclic) bond motifs is 3. The van der Waals surface area contributed by atoms with Gasteiger partial charge in [0.15, 0.2) is 0 Å². The zero-order valence-corrected chi connectivity index (χ0v) is 22.5. The molecular weight excluding hydrogens is 474 g/mol. The zero-order chi connectivity index (χ0) is 26.5. The molecule has 1 amide bonds. The minimum atomic E-state index is -0.630. The molecule has 1 atom stereocenters. The molecule has 0 saturated carbocycles. The Morgan fingerprint density at radius 3 is 2.53 bits per heavy atom. The van der Waals surface area contributed by atoms with Crippen molar-refractivity contribution in [2.24, 2.45) is 0 Å². The SMILES string of the molecule is CC(C)(CCc1ccc(C(=O)N2CCCCC2)cc1)NCC(O)COc1cccc2[nH]c3ccccc3c12. The van der Waals surface area contributed by atoms with Gasteiger partial charge in [-0.2, -0.15) is 0 Å². The number of amides is 1. The Kier molecular flexibility index (Phi) is 8.01. The maximum atomic E-state index is 12.7. The van der Waals surface area contributed by atoms with Gasteiger partial charge in [-0.05, 0) is 81.8 Å². The van der Waals surface area contributed by atoms with E-state index < -0.39 is 6.10 Å². The van der Waals surface area contributed by atoms with Crippen molar-refractivity contribution in [3.05, 3.63) is 77.9 Å². The smallest absolute Gasteiger partial charge is 0.253 e. The predicted molar refractivity (Wildman–Crippen MR) is 154 cm³/mol. The Morgan fingerprint density at radius 2 is 1.74 bits per heavy atom. The van der Waals surface area contributed by atoms with Crippen LogP contribution in [-0.2, 0) is 6.42 Å². The first-order chi connectivity index (χ1) is 18.4. The van der Waals surface area contributed by atoms with Crippen molar-refractivity contribution in [3.8, 4) is 5.75 Å². The minimum absolute atomic E-state index is 0.149. The molecule has 1 aliphatic rings. The van der Waals surface area contributed by atoms with E-state index in [-0.39, 0.29) is 18.1 Å². The fourth-order valence-corrected chi connectivity index (χ4v) is 5.27. The van der Waals surface area contributed by atoms with E-state index in [0.717, 1.165) is 71.9 Å². The summed E-state index contributed by atoms with van der Waals surface area (Å²) < 4.78 is 6.08. The first-order valence-electron chi connectivity index (χ1n) is 13.8. The fraction of sp³-hybridized carbons (Fsp3) is 0.406. The Morgan fingerprint density at radius 1 is 1.00 bits per heavy atom. The largest absolute Gasteiger partial charge is 0.490 e. The highest BCUT2D eigenvalue weighted by Crippen LogP contribution is 2.33. The molecule has 1 fully saturated rings. The van der Waals surface area contributed by atoms with Crippen LogP contribution in [0.5, 0.6) is 5.75 Å². The lowest BCUT2D eigenvalue weighted by molar-refractivity contribution is 0.0724. The van der Waals surface area contributed by atoms with Gasteiger partial charge in [-0.25, -0.2) is 0 Å². The molecular formula is C32H39N3O3. The van der Waals surface area contributed by atoms with Crippen molar-refractivity contribution in [2.75, 3.05) is 26.2 Å². The van der Waals surface area contributed by atoms with E-state index in [1.54, 1.807) is 0 Å². The van der Waals surface area contributed by atoms with E-state index in [1.165, 1.54) is 12.0 Å². The van der Waals surface area contributed by atoms with E-state index >= 15 is 0 Å². The number of piperidine rings is 1. The molecule has 1 saturated heterocycles. The van der Waals surface area contributed by atoms with Gasteiger partial charge in [0, 0.05) is 47.0 Å². The maximum Gasteiger partial charge on any atom is 0.253 e. The fourth-order valence-electron chi connectivity index (χ4n) is 5.27. The standard InChI is InChI=1S/C32H39N3O3/c1-32(2,18-17-23-13-15-24(16-14-23)31(37)35-19-6-3-7-20-35)33-21-25(36)22-38-29-12-8-11-28-30(29)26-9-4-5-10-27(26)34-28/h4-5,8-16,25,33-34,36H,3,6-7,17-22H2,1-2H3.